The maximum absolute atomic E-state index is 5.83. The van der Waals surface area contributed by atoms with E-state index in [0.29, 0.717) is 0 Å². The highest BCUT2D eigenvalue weighted by Crippen LogP contribution is 2.14. The molecule has 0 saturated carbocycles. The van der Waals surface area contributed by atoms with E-state index in [1.165, 1.54) is 5.56 Å². The molecule has 0 aliphatic rings. The Bertz CT molecular complexity index is 303. The van der Waals surface area contributed by atoms with Crippen molar-refractivity contribution in [3.05, 3.63) is 35.4 Å². The number of likely N-dealkylation sites (N-methyl/N-ethyl adjacent to an activating group) is 1. The molecular formula is C11H16N2. The van der Waals surface area contributed by atoms with Gasteiger partial charge in [0.15, 0.2) is 0 Å². The molecule has 0 spiro atoms. The third-order valence-corrected chi connectivity index (χ3v) is 1.86. The molecule has 1 aromatic rings. The standard InChI is InChI=1S/C11H16N2/c1-9-5-6-10(11(12)8-9)4-3-7-13-2/h3-6,8,13H,7,12H2,1-2H3. The number of benzene rings is 1. The number of nitrogen functional groups attached to an aromatic ring is 1. The topological polar surface area (TPSA) is 38.0 Å². The maximum atomic E-state index is 5.83. The number of hydrogen-bond acceptors (Lipinski definition) is 2. The lowest BCUT2D eigenvalue weighted by Gasteiger charge is -2.01. The Kier molecular flexibility index (Phi) is 3.53. The lowest BCUT2D eigenvalue weighted by atomic mass is 10.1. The van der Waals surface area contributed by atoms with Crippen molar-refractivity contribution in [1.82, 2.24) is 5.32 Å². The van der Waals surface area contributed by atoms with Crippen molar-refractivity contribution < 1.29 is 0 Å². The molecule has 3 N–H and O–H groups in total. The highest BCUT2D eigenvalue weighted by molar-refractivity contribution is 5.65. The highest BCUT2D eigenvalue weighted by Gasteiger charge is 1.93. The Balaban J connectivity index is 2.77. The van der Waals surface area contributed by atoms with Crippen LogP contribution in [0.25, 0.3) is 6.08 Å². The fourth-order valence-electron chi connectivity index (χ4n) is 1.15. The lowest BCUT2D eigenvalue weighted by molar-refractivity contribution is 0.922. The summed E-state index contributed by atoms with van der Waals surface area (Å²) >= 11 is 0. The van der Waals surface area contributed by atoms with Crippen LogP contribution in [0.4, 0.5) is 5.69 Å². The first-order valence-corrected chi connectivity index (χ1v) is 4.41. The smallest absolute Gasteiger partial charge is 0.0390 e. The van der Waals surface area contributed by atoms with Crippen LogP contribution in [-0.4, -0.2) is 13.6 Å². The Labute approximate surface area is 79.5 Å². The predicted molar refractivity (Wildman–Crippen MR) is 58.6 cm³/mol. The Morgan fingerprint density at radius 3 is 2.85 bits per heavy atom. The molecule has 0 aromatic heterocycles. The van der Waals surface area contributed by atoms with Crippen molar-refractivity contribution in [3.63, 3.8) is 0 Å². The zero-order valence-corrected chi connectivity index (χ0v) is 8.17. The summed E-state index contributed by atoms with van der Waals surface area (Å²) in [4.78, 5) is 0. The van der Waals surface area contributed by atoms with Crippen molar-refractivity contribution >= 4 is 11.8 Å². The summed E-state index contributed by atoms with van der Waals surface area (Å²) in [7, 11) is 1.92. The minimum absolute atomic E-state index is 0.840. The van der Waals surface area contributed by atoms with Crippen LogP contribution in [0.3, 0.4) is 0 Å². The molecule has 0 bridgehead atoms. The number of hydrogen-bond donors (Lipinski definition) is 2. The second-order valence-corrected chi connectivity index (χ2v) is 3.09. The van der Waals surface area contributed by atoms with E-state index in [4.69, 9.17) is 5.73 Å². The number of nitrogens with two attached hydrogens (primary N) is 1. The van der Waals surface area contributed by atoms with Crippen LogP contribution in [0.5, 0.6) is 0 Å². The van der Waals surface area contributed by atoms with Gasteiger partial charge in [0, 0.05) is 12.2 Å². The summed E-state index contributed by atoms with van der Waals surface area (Å²) in [6.07, 6.45) is 4.09. The molecule has 0 aliphatic carbocycles. The van der Waals surface area contributed by atoms with Crippen LogP contribution < -0.4 is 11.1 Å². The van der Waals surface area contributed by atoms with Crippen molar-refractivity contribution in [2.75, 3.05) is 19.3 Å². The third kappa shape index (κ3) is 2.92. The molecule has 0 saturated heterocycles. The van der Waals surface area contributed by atoms with E-state index in [9.17, 15) is 0 Å². The average molecular weight is 176 g/mol. The van der Waals surface area contributed by atoms with Gasteiger partial charge in [0.2, 0.25) is 0 Å². The first-order valence-electron chi connectivity index (χ1n) is 4.41. The van der Waals surface area contributed by atoms with Crippen LogP contribution >= 0.6 is 0 Å². The summed E-state index contributed by atoms with van der Waals surface area (Å²) in [5.41, 5.74) is 8.95. The van der Waals surface area contributed by atoms with Crippen LogP contribution in [-0.2, 0) is 0 Å². The summed E-state index contributed by atoms with van der Waals surface area (Å²) in [6.45, 7) is 2.91. The van der Waals surface area contributed by atoms with Gasteiger partial charge in [-0.25, -0.2) is 0 Å². The molecular weight excluding hydrogens is 160 g/mol. The predicted octanol–water partition coefficient (Wildman–Crippen LogP) is 1.81. The summed E-state index contributed by atoms with van der Waals surface area (Å²) in [6, 6.07) is 6.09. The van der Waals surface area contributed by atoms with Gasteiger partial charge in [-0.2, -0.15) is 0 Å². The van der Waals surface area contributed by atoms with Gasteiger partial charge in [-0.05, 0) is 31.2 Å². The minimum Gasteiger partial charge on any atom is -0.398 e. The molecule has 1 aromatic carbocycles. The molecule has 0 atom stereocenters. The molecule has 0 heterocycles. The van der Waals surface area contributed by atoms with Crippen molar-refractivity contribution in [2.45, 2.75) is 6.92 Å². The monoisotopic (exact) mass is 176 g/mol. The maximum Gasteiger partial charge on any atom is 0.0390 e. The average Bonchev–Trinajstić information content (AvgIpc) is 2.09. The zero-order chi connectivity index (χ0) is 9.68. The molecule has 0 aliphatic heterocycles. The van der Waals surface area contributed by atoms with E-state index in [0.717, 1.165) is 17.8 Å². The van der Waals surface area contributed by atoms with Crippen LogP contribution in [0, 0.1) is 6.92 Å². The normalized spacial score (nSPS) is 10.9. The second-order valence-electron chi connectivity index (χ2n) is 3.09. The molecule has 0 fully saturated rings. The molecule has 70 valence electrons. The van der Waals surface area contributed by atoms with Gasteiger partial charge in [-0.15, -0.1) is 0 Å². The molecule has 1 rings (SSSR count). The summed E-state index contributed by atoms with van der Waals surface area (Å²) in [5, 5.41) is 3.04. The first-order chi connectivity index (χ1) is 6.24. The van der Waals surface area contributed by atoms with E-state index < -0.39 is 0 Å². The van der Waals surface area contributed by atoms with Crippen LogP contribution in [0.15, 0.2) is 24.3 Å². The zero-order valence-electron chi connectivity index (χ0n) is 8.17. The fraction of sp³-hybridized carbons (Fsp3) is 0.273. The van der Waals surface area contributed by atoms with E-state index in [1.54, 1.807) is 0 Å². The van der Waals surface area contributed by atoms with Gasteiger partial charge >= 0.3 is 0 Å². The Hall–Kier alpha value is -1.28. The van der Waals surface area contributed by atoms with E-state index in [2.05, 4.69) is 17.5 Å². The lowest BCUT2D eigenvalue weighted by Crippen LogP contribution is -2.03. The number of anilines is 1. The van der Waals surface area contributed by atoms with Gasteiger partial charge in [-0.1, -0.05) is 24.3 Å². The largest absolute Gasteiger partial charge is 0.398 e. The van der Waals surface area contributed by atoms with Crippen molar-refractivity contribution in [2.24, 2.45) is 0 Å². The summed E-state index contributed by atoms with van der Waals surface area (Å²) < 4.78 is 0. The molecule has 0 unspecified atom stereocenters. The number of rotatable bonds is 3. The van der Waals surface area contributed by atoms with Gasteiger partial charge in [-0.3, -0.25) is 0 Å². The number of nitrogens with one attached hydrogen (secondary N) is 1. The Morgan fingerprint density at radius 2 is 2.23 bits per heavy atom. The number of aryl methyl sites for hydroxylation is 1. The van der Waals surface area contributed by atoms with Gasteiger partial charge in [0.1, 0.15) is 0 Å². The highest BCUT2D eigenvalue weighted by atomic mass is 14.8. The van der Waals surface area contributed by atoms with Crippen molar-refractivity contribution in [1.29, 1.82) is 0 Å². The SMILES string of the molecule is CNCC=Cc1ccc(C)cc1N. The van der Waals surface area contributed by atoms with E-state index in [-0.39, 0.29) is 0 Å². The fourth-order valence-corrected chi connectivity index (χ4v) is 1.15. The molecule has 0 amide bonds. The quantitative estimate of drug-likeness (QED) is 0.689. The van der Waals surface area contributed by atoms with Gasteiger partial charge < -0.3 is 11.1 Å². The first kappa shape index (κ1) is 9.81. The van der Waals surface area contributed by atoms with Gasteiger partial charge in [0.25, 0.3) is 0 Å². The van der Waals surface area contributed by atoms with E-state index in [1.807, 2.05) is 32.2 Å². The molecule has 0 radical (unpaired) electrons. The molecule has 13 heavy (non-hydrogen) atoms. The van der Waals surface area contributed by atoms with E-state index >= 15 is 0 Å². The van der Waals surface area contributed by atoms with Gasteiger partial charge in [0.05, 0.1) is 0 Å². The second kappa shape index (κ2) is 4.67. The molecule has 2 heteroatoms. The molecule has 2 nitrogen and oxygen atoms in total. The summed E-state index contributed by atoms with van der Waals surface area (Å²) in [5.74, 6) is 0. The van der Waals surface area contributed by atoms with Crippen LogP contribution in [0.2, 0.25) is 0 Å². The van der Waals surface area contributed by atoms with Crippen molar-refractivity contribution in [3.8, 4) is 0 Å². The minimum atomic E-state index is 0.840. The Morgan fingerprint density at radius 1 is 1.46 bits per heavy atom. The van der Waals surface area contributed by atoms with Crippen LogP contribution in [0.1, 0.15) is 11.1 Å². The third-order valence-electron chi connectivity index (χ3n) is 1.86.